The zero-order valence-corrected chi connectivity index (χ0v) is 18.2. The van der Waals surface area contributed by atoms with Crippen LogP contribution in [-0.4, -0.2) is 54.4 Å². The van der Waals surface area contributed by atoms with Gasteiger partial charge < -0.3 is 15.5 Å². The fourth-order valence-electron chi connectivity index (χ4n) is 3.95. The molecule has 3 aromatic rings. The average molecular weight is 448 g/mol. The number of halogens is 1. The third-order valence-electron chi connectivity index (χ3n) is 5.71. The molecule has 2 aromatic carbocycles. The molecule has 1 saturated heterocycles. The smallest absolute Gasteiger partial charge is 0.313 e. The number of piperazine rings is 1. The van der Waals surface area contributed by atoms with Crippen molar-refractivity contribution in [2.45, 2.75) is 6.04 Å². The van der Waals surface area contributed by atoms with Crippen LogP contribution in [0.4, 0.5) is 15.8 Å². The predicted molar refractivity (Wildman–Crippen MR) is 125 cm³/mol. The summed E-state index contributed by atoms with van der Waals surface area (Å²) in [6.07, 6.45) is 3.49. The Morgan fingerprint density at radius 2 is 1.64 bits per heavy atom. The molecule has 7 nitrogen and oxygen atoms in total. The van der Waals surface area contributed by atoms with Gasteiger partial charge in [0.25, 0.3) is 0 Å². The SMILES string of the molecule is O=C(NC[C@@H](c1cccnc1)N1CCN(c2ccc(F)cc2)CC1)C(=O)Nc1ccccc1. The molecule has 0 unspecified atom stereocenters. The molecule has 1 aromatic heterocycles. The number of carbonyl (C=O) groups is 2. The zero-order chi connectivity index (χ0) is 23.0. The lowest BCUT2D eigenvalue weighted by molar-refractivity contribution is -0.136. The Morgan fingerprint density at radius 3 is 2.30 bits per heavy atom. The van der Waals surface area contributed by atoms with Crippen molar-refractivity contribution in [1.82, 2.24) is 15.2 Å². The fourth-order valence-corrected chi connectivity index (χ4v) is 3.95. The van der Waals surface area contributed by atoms with Gasteiger partial charge in [-0.2, -0.15) is 0 Å². The van der Waals surface area contributed by atoms with Crippen LogP contribution < -0.4 is 15.5 Å². The Bertz CT molecular complexity index is 1060. The molecule has 1 aliphatic rings. The Hall–Kier alpha value is -3.78. The maximum atomic E-state index is 13.2. The first-order chi connectivity index (χ1) is 16.1. The van der Waals surface area contributed by atoms with E-state index < -0.39 is 11.8 Å². The summed E-state index contributed by atoms with van der Waals surface area (Å²) in [6, 6.07) is 19.1. The predicted octanol–water partition coefficient (Wildman–Crippen LogP) is 2.84. The normalized spacial score (nSPS) is 15.0. The second-order valence-electron chi connectivity index (χ2n) is 7.83. The molecule has 0 radical (unpaired) electrons. The minimum atomic E-state index is -0.702. The van der Waals surface area contributed by atoms with Gasteiger partial charge in [-0.05, 0) is 48.0 Å². The first kappa shape index (κ1) is 22.4. The number of aromatic nitrogens is 1. The molecule has 0 bridgehead atoms. The number of nitrogens with zero attached hydrogens (tertiary/aromatic N) is 3. The lowest BCUT2D eigenvalue weighted by Gasteiger charge is -2.40. The fraction of sp³-hybridized carbons (Fsp3) is 0.240. The zero-order valence-electron chi connectivity index (χ0n) is 18.2. The van der Waals surface area contributed by atoms with Gasteiger partial charge in [0, 0.05) is 56.5 Å². The van der Waals surface area contributed by atoms with E-state index in [0.717, 1.165) is 37.4 Å². The van der Waals surface area contributed by atoms with Gasteiger partial charge in [0.1, 0.15) is 5.82 Å². The number of hydrogen-bond acceptors (Lipinski definition) is 5. The van der Waals surface area contributed by atoms with Gasteiger partial charge in [0.05, 0.1) is 6.04 Å². The van der Waals surface area contributed by atoms with Crippen LogP contribution in [0.2, 0.25) is 0 Å². The van der Waals surface area contributed by atoms with Crippen molar-refractivity contribution in [2.75, 3.05) is 42.9 Å². The summed E-state index contributed by atoms with van der Waals surface area (Å²) in [5, 5.41) is 5.37. The van der Waals surface area contributed by atoms with E-state index in [1.165, 1.54) is 12.1 Å². The number of para-hydroxylation sites is 1. The van der Waals surface area contributed by atoms with Crippen LogP contribution in [0.5, 0.6) is 0 Å². The number of benzene rings is 2. The molecule has 1 fully saturated rings. The Morgan fingerprint density at radius 1 is 0.909 bits per heavy atom. The highest BCUT2D eigenvalue weighted by Gasteiger charge is 2.27. The highest BCUT2D eigenvalue weighted by Crippen LogP contribution is 2.23. The molecule has 2 amide bonds. The highest BCUT2D eigenvalue weighted by molar-refractivity contribution is 6.39. The first-order valence-corrected chi connectivity index (χ1v) is 10.9. The molecule has 170 valence electrons. The van der Waals surface area contributed by atoms with Crippen LogP contribution in [-0.2, 0) is 9.59 Å². The van der Waals surface area contributed by atoms with Gasteiger partial charge in [0.2, 0.25) is 0 Å². The standard InChI is InChI=1S/C25H26FN5O2/c26-20-8-10-22(11-9-20)30-13-15-31(16-14-30)23(19-5-4-12-27-17-19)18-28-24(32)25(33)29-21-6-2-1-3-7-21/h1-12,17,23H,13-16,18H2,(H,28,32)(H,29,33)/t23-/m0/s1. The molecule has 1 aliphatic heterocycles. The van der Waals surface area contributed by atoms with Crippen LogP contribution in [0.3, 0.4) is 0 Å². The molecule has 8 heteroatoms. The third kappa shape index (κ3) is 5.93. The number of hydrogen-bond donors (Lipinski definition) is 2. The number of nitrogens with one attached hydrogen (secondary N) is 2. The number of anilines is 2. The quantitative estimate of drug-likeness (QED) is 0.569. The molecule has 1 atom stereocenters. The minimum Gasteiger partial charge on any atom is -0.369 e. The van der Waals surface area contributed by atoms with Gasteiger partial charge in [-0.15, -0.1) is 0 Å². The average Bonchev–Trinajstić information content (AvgIpc) is 2.86. The number of carbonyl (C=O) groups excluding carboxylic acids is 2. The van der Waals surface area contributed by atoms with E-state index in [9.17, 15) is 14.0 Å². The first-order valence-electron chi connectivity index (χ1n) is 10.9. The van der Waals surface area contributed by atoms with Gasteiger partial charge >= 0.3 is 11.8 Å². The molecule has 2 heterocycles. The van der Waals surface area contributed by atoms with E-state index in [-0.39, 0.29) is 18.4 Å². The van der Waals surface area contributed by atoms with E-state index in [4.69, 9.17) is 0 Å². The summed E-state index contributed by atoms with van der Waals surface area (Å²) in [6.45, 7) is 3.32. The maximum Gasteiger partial charge on any atom is 0.313 e. The number of amides is 2. The molecular weight excluding hydrogens is 421 g/mol. The van der Waals surface area contributed by atoms with Crippen molar-refractivity contribution >= 4 is 23.2 Å². The van der Waals surface area contributed by atoms with Crippen LogP contribution >= 0.6 is 0 Å². The Kier molecular flexibility index (Phi) is 7.26. The number of rotatable bonds is 6. The van der Waals surface area contributed by atoms with E-state index in [2.05, 4.69) is 25.4 Å². The van der Waals surface area contributed by atoms with Gasteiger partial charge in [-0.25, -0.2) is 4.39 Å². The highest BCUT2D eigenvalue weighted by atomic mass is 19.1. The Labute approximate surface area is 192 Å². The topological polar surface area (TPSA) is 77.6 Å². The molecule has 2 N–H and O–H groups in total. The number of pyridine rings is 1. The van der Waals surface area contributed by atoms with Crippen molar-refractivity contribution < 1.29 is 14.0 Å². The van der Waals surface area contributed by atoms with Gasteiger partial charge in [-0.1, -0.05) is 24.3 Å². The van der Waals surface area contributed by atoms with Crippen molar-refractivity contribution in [3.05, 3.63) is 90.5 Å². The van der Waals surface area contributed by atoms with Crippen molar-refractivity contribution in [3.8, 4) is 0 Å². The van der Waals surface area contributed by atoms with Crippen LogP contribution in [0.25, 0.3) is 0 Å². The summed E-state index contributed by atoms with van der Waals surface area (Å²) in [5.41, 5.74) is 2.52. The lowest BCUT2D eigenvalue weighted by Crippen LogP contribution is -2.50. The van der Waals surface area contributed by atoms with Crippen molar-refractivity contribution in [2.24, 2.45) is 0 Å². The van der Waals surface area contributed by atoms with Crippen LogP contribution in [0, 0.1) is 5.82 Å². The van der Waals surface area contributed by atoms with Gasteiger partial charge in [-0.3, -0.25) is 19.5 Å². The van der Waals surface area contributed by atoms with E-state index in [0.29, 0.717) is 5.69 Å². The summed E-state index contributed by atoms with van der Waals surface area (Å²) < 4.78 is 13.2. The summed E-state index contributed by atoms with van der Waals surface area (Å²) in [5.74, 6) is -1.63. The van der Waals surface area contributed by atoms with Crippen molar-refractivity contribution in [3.63, 3.8) is 0 Å². The second-order valence-corrected chi connectivity index (χ2v) is 7.83. The monoisotopic (exact) mass is 447 g/mol. The molecule has 0 aliphatic carbocycles. The minimum absolute atomic E-state index is 0.123. The van der Waals surface area contributed by atoms with E-state index in [1.807, 2.05) is 18.2 Å². The second kappa shape index (κ2) is 10.7. The van der Waals surface area contributed by atoms with E-state index in [1.54, 1.807) is 48.8 Å². The van der Waals surface area contributed by atoms with Gasteiger partial charge in [0.15, 0.2) is 0 Å². The summed E-state index contributed by atoms with van der Waals surface area (Å²) in [7, 11) is 0. The molecular formula is C25H26FN5O2. The van der Waals surface area contributed by atoms with Crippen LogP contribution in [0.1, 0.15) is 11.6 Å². The maximum absolute atomic E-state index is 13.2. The molecule has 0 spiro atoms. The molecule has 0 saturated carbocycles. The lowest BCUT2D eigenvalue weighted by atomic mass is 10.1. The largest absolute Gasteiger partial charge is 0.369 e. The van der Waals surface area contributed by atoms with Crippen LogP contribution in [0.15, 0.2) is 79.1 Å². The molecule has 4 rings (SSSR count). The molecule has 33 heavy (non-hydrogen) atoms. The third-order valence-corrected chi connectivity index (χ3v) is 5.71. The summed E-state index contributed by atoms with van der Waals surface area (Å²) in [4.78, 5) is 33.4. The Balaban J connectivity index is 1.38. The summed E-state index contributed by atoms with van der Waals surface area (Å²) >= 11 is 0. The van der Waals surface area contributed by atoms with Crippen molar-refractivity contribution in [1.29, 1.82) is 0 Å². The van der Waals surface area contributed by atoms with E-state index >= 15 is 0 Å².